The topological polar surface area (TPSA) is 12.5 Å². The molecule has 10 aromatic carbocycles. The molecule has 0 saturated heterocycles. The predicted molar refractivity (Wildman–Crippen MR) is 271 cm³/mol. The van der Waals surface area contributed by atoms with Crippen molar-refractivity contribution in [2.75, 3.05) is 4.90 Å². The van der Waals surface area contributed by atoms with E-state index >= 15 is 0 Å². The van der Waals surface area contributed by atoms with E-state index in [9.17, 15) is 0 Å². The minimum atomic E-state index is -0.101. The van der Waals surface area contributed by atoms with Crippen LogP contribution in [0, 0.1) is 0 Å². The lowest BCUT2D eigenvalue weighted by atomic mass is 9.82. The van der Waals surface area contributed by atoms with Crippen LogP contribution in [0.25, 0.3) is 77.9 Å². The zero-order valence-electron chi connectivity index (χ0n) is 36.4. The van der Waals surface area contributed by atoms with Crippen molar-refractivity contribution in [1.82, 2.24) is 0 Å². The highest BCUT2D eigenvalue weighted by Crippen LogP contribution is 2.52. The first kappa shape index (κ1) is 38.5. The van der Waals surface area contributed by atoms with Gasteiger partial charge in [0.05, 0.1) is 0 Å². The van der Waals surface area contributed by atoms with Crippen molar-refractivity contribution in [3.63, 3.8) is 0 Å². The summed E-state index contributed by atoms with van der Waals surface area (Å²) in [5.41, 5.74) is 22.6. The summed E-state index contributed by atoms with van der Waals surface area (Å²) in [6.07, 6.45) is 0. The molecule has 1 aliphatic carbocycles. The van der Waals surface area contributed by atoms with Gasteiger partial charge in [-0.15, -0.1) is 0 Å². The number of rotatable bonds is 7. The number of nitrogens with zero attached hydrogens (tertiary/aromatic N) is 1. The Labute approximate surface area is 381 Å². The minimum absolute atomic E-state index is 0.101. The van der Waals surface area contributed by atoms with Gasteiger partial charge < -0.3 is 9.64 Å². The van der Waals surface area contributed by atoms with Gasteiger partial charge in [-0.25, -0.2) is 0 Å². The normalized spacial score (nSPS) is 12.7. The summed E-state index contributed by atoms with van der Waals surface area (Å²) in [6, 6.07) is 85.7. The van der Waals surface area contributed by atoms with Crippen LogP contribution in [0.1, 0.15) is 25.0 Å². The monoisotopic (exact) mass is 831 g/mol. The molecule has 308 valence electrons. The van der Waals surface area contributed by atoms with E-state index < -0.39 is 0 Å². The summed E-state index contributed by atoms with van der Waals surface area (Å²) in [5.74, 6) is 1.73. The molecule has 2 heteroatoms. The Kier molecular flexibility index (Phi) is 9.21. The van der Waals surface area contributed by atoms with Crippen molar-refractivity contribution >= 4 is 17.1 Å². The van der Waals surface area contributed by atoms with Gasteiger partial charge in [-0.1, -0.05) is 190 Å². The Bertz CT molecular complexity index is 3390. The van der Waals surface area contributed by atoms with Crippen molar-refractivity contribution in [1.29, 1.82) is 0 Å². The standard InChI is InChI=1S/C63H45NO/c1-63(2)59-20-12-11-19-55(59)56-36-35-52(41-60(56)63)64(50-31-25-45(26-32-50)42-13-5-3-6-14-42)51-33-27-46(28-34-51)44-21-23-47(24-22-44)49-30-38-62-58(40-49)54-18-10-9-17-53(54)57-39-48(29-37-61(57)65-62)43-15-7-4-8-16-43/h3-41H,1-2H3. The van der Waals surface area contributed by atoms with E-state index in [-0.39, 0.29) is 5.41 Å². The van der Waals surface area contributed by atoms with Crippen molar-refractivity contribution in [2.24, 2.45) is 0 Å². The van der Waals surface area contributed by atoms with E-state index in [1.54, 1.807) is 0 Å². The van der Waals surface area contributed by atoms with Crippen molar-refractivity contribution < 1.29 is 4.74 Å². The largest absolute Gasteiger partial charge is 0.456 e. The molecule has 0 saturated carbocycles. The van der Waals surface area contributed by atoms with Crippen LogP contribution in [-0.4, -0.2) is 0 Å². The van der Waals surface area contributed by atoms with Gasteiger partial charge in [0.25, 0.3) is 0 Å². The second-order valence-electron chi connectivity index (χ2n) is 17.7. The van der Waals surface area contributed by atoms with E-state index in [0.717, 1.165) is 50.8 Å². The van der Waals surface area contributed by atoms with E-state index in [1.165, 1.54) is 66.8 Å². The highest BCUT2D eigenvalue weighted by molar-refractivity contribution is 5.94. The molecule has 0 spiro atoms. The number of hydrogen-bond donors (Lipinski definition) is 0. The van der Waals surface area contributed by atoms with Gasteiger partial charge >= 0.3 is 0 Å². The summed E-state index contributed by atoms with van der Waals surface area (Å²) in [7, 11) is 0. The van der Waals surface area contributed by atoms with E-state index in [4.69, 9.17) is 4.74 Å². The maximum atomic E-state index is 6.69. The molecule has 1 heterocycles. The summed E-state index contributed by atoms with van der Waals surface area (Å²) in [4.78, 5) is 2.39. The third-order valence-electron chi connectivity index (χ3n) is 13.5. The summed E-state index contributed by atoms with van der Waals surface area (Å²) in [6.45, 7) is 4.70. The third-order valence-corrected chi connectivity index (χ3v) is 13.5. The molecule has 1 aliphatic heterocycles. The summed E-state index contributed by atoms with van der Waals surface area (Å²) >= 11 is 0. The van der Waals surface area contributed by atoms with E-state index in [1.807, 2.05) is 0 Å². The Hall–Kier alpha value is -8.20. The van der Waals surface area contributed by atoms with Crippen molar-refractivity contribution in [3.05, 3.63) is 248 Å². The first-order valence-corrected chi connectivity index (χ1v) is 22.5. The molecule has 0 radical (unpaired) electrons. The highest BCUT2D eigenvalue weighted by Gasteiger charge is 2.35. The smallest absolute Gasteiger partial charge is 0.135 e. The number of anilines is 3. The van der Waals surface area contributed by atoms with Crippen LogP contribution in [0.2, 0.25) is 0 Å². The molecule has 10 aromatic rings. The van der Waals surface area contributed by atoms with Gasteiger partial charge in [0.1, 0.15) is 11.5 Å². The summed E-state index contributed by atoms with van der Waals surface area (Å²) in [5, 5.41) is 0. The minimum Gasteiger partial charge on any atom is -0.456 e. The lowest BCUT2D eigenvalue weighted by molar-refractivity contribution is 0.488. The molecule has 0 aromatic heterocycles. The molecular formula is C63H45NO. The Morgan fingerprint density at radius 3 is 1.17 bits per heavy atom. The van der Waals surface area contributed by atoms with Crippen molar-refractivity contribution in [3.8, 4) is 89.4 Å². The second-order valence-corrected chi connectivity index (χ2v) is 17.7. The fourth-order valence-corrected chi connectivity index (χ4v) is 10.1. The molecular weight excluding hydrogens is 787 g/mol. The van der Waals surface area contributed by atoms with Gasteiger partial charge in [-0.2, -0.15) is 0 Å². The Morgan fingerprint density at radius 1 is 0.277 bits per heavy atom. The number of fused-ring (bicyclic) bond motifs is 8. The van der Waals surface area contributed by atoms with Crippen LogP contribution in [0.5, 0.6) is 11.5 Å². The highest BCUT2D eigenvalue weighted by atomic mass is 16.5. The van der Waals surface area contributed by atoms with Gasteiger partial charge in [0.2, 0.25) is 0 Å². The van der Waals surface area contributed by atoms with Crippen LogP contribution < -0.4 is 9.64 Å². The molecule has 2 nitrogen and oxygen atoms in total. The van der Waals surface area contributed by atoms with Crippen LogP contribution in [0.4, 0.5) is 17.1 Å². The van der Waals surface area contributed by atoms with Gasteiger partial charge in [-0.05, 0) is 139 Å². The first-order chi connectivity index (χ1) is 32.0. The lowest BCUT2D eigenvalue weighted by Gasteiger charge is -2.28. The molecule has 0 N–H and O–H groups in total. The molecule has 65 heavy (non-hydrogen) atoms. The van der Waals surface area contributed by atoms with Crippen LogP contribution in [-0.2, 0) is 5.41 Å². The molecule has 0 atom stereocenters. The SMILES string of the molecule is CC1(C)c2ccccc2-c2ccc(N(c3ccc(-c4ccccc4)cc3)c3ccc(-c4ccc(-c5ccc6c(c5)-c5ccccc5-c5cc(-c7ccccc7)ccc5O6)cc4)cc3)cc21. The molecule has 0 fully saturated rings. The molecule has 0 bridgehead atoms. The van der Waals surface area contributed by atoms with E-state index in [2.05, 4.69) is 255 Å². The number of hydrogen-bond acceptors (Lipinski definition) is 2. The average Bonchev–Trinajstić information content (AvgIpc) is 3.50. The van der Waals surface area contributed by atoms with Crippen LogP contribution in [0.3, 0.4) is 0 Å². The van der Waals surface area contributed by atoms with Crippen molar-refractivity contribution in [2.45, 2.75) is 19.3 Å². The molecule has 0 unspecified atom stereocenters. The third kappa shape index (κ3) is 6.74. The average molecular weight is 832 g/mol. The van der Waals surface area contributed by atoms with E-state index in [0.29, 0.717) is 0 Å². The fraction of sp³-hybridized carbons (Fsp3) is 0.0476. The quantitative estimate of drug-likeness (QED) is 0.159. The summed E-state index contributed by atoms with van der Waals surface area (Å²) < 4.78 is 6.69. The number of ether oxygens (including phenoxy) is 1. The lowest BCUT2D eigenvalue weighted by Crippen LogP contribution is -2.16. The zero-order chi connectivity index (χ0) is 43.5. The Balaban J connectivity index is 0.859. The molecule has 2 aliphatic rings. The van der Waals surface area contributed by atoms with Crippen LogP contribution in [0.15, 0.2) is 237 Å². The van der Waals surface area contributed by atoms with Gasteiger partial charge in [0.15, 0.2) is 0 Å². The predicted octanol–water partition coefficient (Wildman–Crippen LogP) is 17.6. The maximum absolute atomic E-state index is 6.69. The molecule has 12 rings (SSSR count). The van der Waals surface area contributed by atoms with Gasteiger partial charge in [0, 0.05) is 33.6 Å². The Morgan fingerprint density at radius 2 is 0.646 bits per heavy atom. The molecule has 0 amide bonds. The second kappa shape index (κ2) is 15.6. The van der Waals surface area contributed by atoms with Crippen LogP contribution >= 0.6 is 0 Å². The number of benzene rings is 10. The first-order valence-electron chi connectivity index (χ1n) is 22.5. The van der Waals surface area contributed by atoms with Gasteiger partial charge in [-0.3, -0.25) is 0 Å². The maximum Gasteiger partial charge on any atom is 0.135 e. The zero-order valence-corrected chi connectivity index (χ0v) is 36.4. The fourth-order valence-electron chi connectivity index (χ4n) is 10.1.